The average molecular weight is 280 g/mol. The third-order valence-corrected chi connectivity index (χ3v) is 3.88. The predicted octanol–water partition coefficient (Wildman–Crippen LogP) is 4.59. The van der Waals surface area contributed by atoms with Crippen LogP contribution in [0, 0.1) is 5.92 Å². The van der Waals surface area contributed by atoms with Crippen LogP contribution in [0.15, 0.2) is 48.5 Å². The quantitative estimate of drug-likeness (QED) is 0.724. The Balaban J connectivity index is 1.48. The summed E-state index contributed by atoms with van der Waals surface area (Å²) in [6.45, 7) is 0.357. The highest BCUT2D eigenvalue weighted by Gasteiger charge is 2.21. The molecule has 0 aromatic heterocycles. The van der Waals surface area contributed by atoms with Crippen LogP contribution < -0.4 is 0 Å². The lowest BCUT2D eigenvalue weighted by Crippen LogP contribution is -2.04. The van der Waals surface area contributed by atoms with Gasteiger partial charge < -0.3 is 4.74 Å². The largest absolute Gasteiger partial charge is 0.461 e. The Kier molecular flexibility index (Phi) is 4.34. The Bertz CT molecular complexity index is 653. The normalized spacial score (nSPS) is 14.7. The number of ether oxygens (including phenoxy) is 1. The first kappa shape index (κ1) is 13.9. The molecule has 1 fully saturated rings. The second-order valence-corrected chi connectivity index (χ2v) is 5.67. The van der Waals surface area contributed by atoms with Gasteiger partial charge in [0.2, 0.25) is 0 Å². The van der Waals surface area contributed by atoms with E-state index < -0.39 is 0 Å². The number of carbonyl (C=O) groups is 1. The van der Waals surface area contributed by atoms with E-state index in [1.807, 2.05) is 24.3 Å². The molecule has 2 heteroatoms. The van der Waals surface area contributed by atoms with Gasteiger partial charge in [-0.1, -0.05) is 55.3 Å². The fraction of sp³-hybridized carbons (Fsp3) is 0.316. The van der Waals surface area contributed by atoms with Crippen molar-refractivity contribution in [2.75, 3.05) is 6.61 Å². The van der Waals surface area contributed by atoms with E-state index >= 15 is 0 Å². The summed E-state index contributed by atoms with van der Waals surface area (Å²) in [6, 6.07) is 14.6. The molecular formula is C19H20O2. The lowest BCUT2D eigenvalue weighted by molar-refractivity contribution is -0.142. The van der Waals surface area contributed by atoms with Crippen molar-refractivity contribution >= 4 is 22.8 Å². The molecule has 1 aliphatic carbocycles. The summed E-state index contributed by atoms with van der Waals surface area (Å²) in [6.07, 6.45) is 8.03. The molecule has 0 atom stereocenters. The molecule has 3 rings (SSSR count). The summed E-state index contributed by atoms with van der Waals surface area (Å²) in [5.74, 6) is 0.704. The van der Waals surface area contributed by atoms with Gasteiger partial charge in [0.15, 0.2) is 0 Å². The first-order chi connectivity index (χ1) is 10.3. The second kappa shape index (κ2) is 6.57. The fourth-order valence-electron chi connectivity index (χ4n) is 2.44. The van der Waals surface area contributed by atoms with Crippen LogP contribution >= 0.6 is 0 Å². The van der Waals surface area contributed by atoms with E-state index in [1.54, 1.807) is 0 Å². The molecule has 0 N–H and O–H groups in total. The topological polar surface area (TPSA) is 26.3 Å². The number of hydrogen-bond donors (Lipinski definition) is 0. The molecule has 2 nitrogen and oxygen atoms in total. The number of benzene rings is 2. The molecule has 0 aliphatic heterocycles. The highest BCUT2D eigenvalue weighted by atomic mass is 16.5. The Morgan fingerprint density at radius 3 is 2.76 bits per heavy atom. The van der Waals surface area contributed by atoms with Crippen molar-refractivity contribution in [3.63, 3.8) is 0 Å². The van der Waals surface area contributed by atoms with Crippen LogP contribution in [-0.2, 0) is 9.53 Å². The fourth-order valence-corrected chi connectivity index (χ4v) is 2.44. The van der Waals surface area contributed by atoms with Crippen molar-refractivity contribution < 1.29 is 9.53 Å². The first-order valence-corrected chi connectivity index (χ1v) is 7.62. The molecule has 2 aromatic carbocycles. The van der Waals surface area contributed by atoms with Gasteiger partial charge in [0.05, 0.1) is 0 Å². The van der Waals surface area contributed by atoms with Crippen molar-refractivity contribution in [1.82, 2.24) is 0 Å². The smallest absolute Gasteiger partial charge is 0.306 e. The van der Waals surface area contributed by atoms with Crippen molar-refractivity contribution in [1.29, 1.82) is 0 Å². The molecule has 108 valence electrons. The van der Waals surface area contributed by atoms with E-state index in [1.165, 1.54) is 23.6 Å². The summed E-state index contributed by atoms with van der Waals surface area (Å²) in [5.41, 5.74) is 1.13. The van der Waals surface area contributed by atoms with Crippen molar-refractivity contribution in [3.05, 3.63) is 54.1 Å². The molecule has 0 amide bonds. The third-order valence-electron chi connectivity index (χ3n) is 3.88. The Hall–Kier alpha value is -2.09. The lowest BCUT2D eigenvalue weighted by atomic mass is 10.1. The number of carbonyl (C=O) groups excluding carboxylic acids is 1. The van der Waals surface area contributed by atoms with Gasteiger partial charge in [-0.05, 0) is 40.8 Å². The van der Waals surface area contributed by atoms with E-state index in [-0.39, 0.29) is 5.97 Å². The summed E-state index contributed by atoms with van der Waals surface area (Å²) in [7, 11) is 0. The summed E-state index contributed by atoms with van der Waals surface area (Å²) < 4.78 is 5.20. The monoisotopic (exact) mass is 280 g/mol. The molecule has 0 unspecified atom stereocenters. The van der Waals surface area contributed by atoms with Crippen LogP contribution in [0.2, 0.25) is 0 Å². The molecule has 21 heavy (non-hydrogen) atoms. The van der Waals surface area contributed by atoms with Crippen LogP contribution in [0.25, 0.3) is 16.8 Å². The minimum atomic E-state index is -0.0786. The van der Waals surface area contributed by atoms with Gasteiger partial charge in [0.25, 0.3) is 0 Å². The summed E-state index contributed by atoms with van der Waals surface area (Å²) in [4.78, 5) is 11.5. The van der Waals surface area contributed by atoms with Crippen LogP contribution in [0.4, 0.5) is 0 Å². The van der Waals surface area contributed by atoms with Gasteiger partial charge in [-0.3, -0.25) is 4.79 Å². The van der Waals surface area contributed by atoms with Crippen LogP contribution in [0.3, 0.4) is 0 Å². The number of hydrogen-bond acceptors (Lipinski definition) is 2. The molecule has 1 aliphatic rings. The molecule has 0 bridgehead atoms. The van der Waals surface area contributed by atoms with E-state index in [4.69, 9.17) is 4.74 Å². The number of fused-ring (bicyclic) bond motifs is 1. The first-order valence-electron chi connectivity index (χ1n) is 7.62. The van der Waals surface area contributed by atoms with Gasteiger partial charge in [-0.25, -0.2) is 0 Å². The molecule has 1 saturated carbocycles. The van der Waals surface area contributed by atoms with Gasteiger partial charge >= 0.3 is 5.97 Å². The van der Waals surface area contributed by atoms with Crippen LogP contribution in [0.1, 0.15) is 31.2 Å². The zero-order chi connectivity index (χ0) is 14.5. The van der Waals surface area contributed by atoms with E-state index in [2.05, 4.69) is 30.3 Å². The van der Waals surface area contributed by atoms with Gasteiger partial charge in [-0.2, -0.15) is 0 Å². The SMILES string of the molecule is O=C(CCC1CC1)OCC=Cc1ccc2ccccc2c1. The zero-order valence-corrected chi connectivity index (χ0v) is 12.1. The molecule has 2 aromatic rings. The van der Waals surface area contributed by atoms with Crippen LogP contribution in [-0.4, -0.2) is 12.6 Å². The average Bonchev–Trinajstić information content (AvgIpc) is 3.34. The lowest BCUT2D eigenvalue weighted by Gasteiger charge is -2.01. The maximum atomic E-state index is 11.5. The highest BCUT2D eigenvalue weighted by molar-refractivity contribution is 5.84. The Morgan fingerprint density at radius 1 is 1.14 bits per heavy atom. The molecular weight excluding hydrogens is 260 g/mol. The molecule has 0 saturated heterocycles. The Labute approximate surface area is 125 Å². The molecule has 0 spiro atoms. The number of esters is 1. The molecule has 0 radical (unpaired) electrons. The minimum Gasteiger partial charge on any atom is -0.461 e. The summed E-state index contributed by atoms with van der Waals surface area (Å²) in [5, 5.41) is 2.46. The maximum Gasteiger partial charge on any atom is 0.306 e. The predicted molar refractivity (Wildman–Crippen MR) is 85.9 cm³/mol. The standard InChI is InChI=1S/C19H20O2/c20-19(12-10-15-7-8-15)21-13-3-4-16-9-11-17-5-1-2-6-18(17)14-16/h1-6,9,11,14-15H,7-8,10,12-13H2. The molecule has 0 heterocycles. The zero-order valence-electron chi connectivity index (χ0n) is 12.1. The van der Waals surface area contributed by atoms with Crippen molar-refractivity contribution in [3.8, 4) is 0 Å². The van der Waals surface area contributed by atoms with E-state index in [0.29, 0.717) is 13.0 Å². The summed E-state index contributed by atoms with van der Waals surface area (Å²) >= 11 is 0. The van der Waals surface area contributed by atoms with Crippen molar-refractivity contribution in [2.45, 2.75) is 25.7 Å². The van der Waals surface area contributed by atoms with E-state index in [9.17, 15) is 4.79 Å². The van der Waals surface area contributed by atoms with Crippen LogP contribution in [0.5, 0.6) is 0 Å². The van der Waals surface area contributed by atoms with Crippen molar-refractivity contribution in [2.24, 2.45) is 5.92 Å². The van der Waals surface area contributed by atoms with E-state index in [0.717, 1.165) is 17.9 Å². The van der Waals surface area contributed by atoms with Gasteiger partial charge in [0, 0.05) is 6.42 Å². The Morgan fingerprint density at radius 2 is 1.95 bits per heavy atom. The minimum absolute atomic E-state index is 0.0786. The van der Waals surface area contributed by atoms with Gasteiger partial charge in [0.1, 0.15) is 6.61 Å². The van der Waals surface area contributed by atoms with Gasteiger partial charge in [-0.15, -0.1) is 0 Å². The second-order valence-electron chi connectivity index (χ2n) is 5.67. The number of rotatable bonds is 6. The highest BCUT2D eigenvalue weighted by Crippen LogP contribution is 2.33. The maximum absolute atomic E-state index is 11.5. The third kappa shape index (κ3) is 4.19.